The van der Waals surface area contributed by atoms with Crippen LogP contribution in [0.3, 0.4) is 0 Å². The number of para-hydroxylation sites is 1. The largest absolute Gasteiger partial charge is 0.333 e. The molecule has 0 fully saturated rings. The zero-order valence-electron chi connectivity index (χ0n) is 13.8. The molecule has 1 aromatic heterocycles. The molecule has 1 N–H and O–H groups in total. The maximum atomic E-state index is 12.2. The third kappa shape index (κ3) is 4.11. The highest BCUT2D eigenvalue weighted by Crippen LogP contribution is 2.10. The van der Waals surface area contributed by atoms with E-state index in [4.69, 9.17) is 0 Å². The molecule has 6 nitrogen and oxygen atoms in total. The maximum Gasteiger partial charge on any atom is 0.315 e. The van der Waals surface area contributed by atoms with Crippen LogP contribution in [-0.2, 0) is 16.1 Å². The number of benzene rings is 2. The Morgan fingerprint density at radius 3 is 2.32 bits per heavy atom. The third-order valence-corrected chi connectivity index (χ3v) is 3.65. The van der Waals surface area contributed by atoms with Crippen molar-refractivity contribution < 1.29 is 9.59 Å². The predicted octanol–water partition coefficient (Wildman–Crippen LogP) is 2.47. The topological polar surface area (TPSA) is 67.2 Å². The zero-order valence-corrected chi connectivity index (χ0v) is 13.8. The lowest BCUT2D eigenvalue weighted by molar-refractivity contribution is -0.142. The average Bonchev–Trinajstić information content (AvgIpc) is 3.11. The van der Waals surface area contributed by atoms with Crippen molar-refractivity contribution in [2.24, 2.45) is 0 Å². The molecular weight excluding hydrogens is 316 g/mol. The lowest BCUT2D eigenvalue weighted by atomic mass is 10.2. The summed E-state index contributed by atoms with van der Waals surface area (Å²) >= 11 is 0. The first kappa shape index (κ1) is 16.4. The van der Waals surface area contributed by atoms with Crippen molar-refractivity contribution in [1.82, 2.24) is 14.7 Å². The number of anilines is 1. The molecule has 126 valence electrons. The molecule has 1 heterocycles. The van der Waals surface area contributed by atoms with Crippen LogP contribution in [0.2, 0.25) is 0 Å². The van der Waals surface area contributed by atoms with Gasteiger partial charge < -0.3 is 10.2 Å². The summed E-state index contributed by atoms with van der Waals surface area (Å²) in [6.45, 7) is 0.367. The molecule has 0 saturated heterocycles. The first-order chi connectivity index (χ1) is 12.1. The highest BCUT2D eigenvalue weighted by Gasteiger charge is 2.19. The first-order valence-electron chi connectivity index (χ1n) is 7.85. The van der Waals surface area contributed by atoms with E-state index >= 15 is 0 Å². The van der Waals surface area contributed by atoms with Crippen LogP contribution in [0.15, 0.2) is 72.9 Å². The molecule has 0 atom stereocenters. The number of nitrogens with one attached hydrogen (secondary N) is 1. The number of hydrogen-bond donors (Lipinski definition) is 1. The standard InChI is InChI=1S/C19H18N4O2/c1-22(14-15-8-4-2-5-9-15)19(25)18(24)20-17-12-13-23(21-17)16-10-6-3-7-11-16/h2-13H,14H2,1H3,(H,20,21,24). The van der Waals surface area contributed by atoms with Crippen molar-refractivity contribution in [2.45, 2.75) is 6.54 Å². The summed E-state index contributed by atoms with van der Waals surface area (Å²) in [6.07, 6.45) is 1.73. The monoisotopic (exact) mass is 334 g/mol. The van der Waals surface area contributed by atoms with Gasteiger partial charge in [-0.15, -0.1) is 0 Å². The molecule has 6 heteroatoms. The van der Waals surface area contributed by atoms with Gasteiger partial charge in [0.1, 0.15) is 0 Å². The van der Waals surface area contributed by atoms with Gasteiger partial charge in [0.25, 0.3) is 0 Å². The Morgan fingerprint density at radius 2 is 1.64 bits per heavy atom. The number of aromatic nitrogens is 2. The molecule has 0 unspecified atom stereocenters. The Bertz CT molecular complexity index is 859. The summed E-state index contributed by atoms with van der Waals surface area (Å²) in [6, 6.07) is 20.7. The lowest BCUT2D eigenvalue weighted by Gasteiger charge is -2.16. The number of carbonyl (C=O) groups excluding carboxylic acids is 2. The molecule has 0 aliphatic carbocycles. The van der Waals surface area contributed by atoms with Crippen LogP contribution in [0.25, 0.3) is 5.69 Å². The van der Waals surface area contributed by atoms with Crippen molar-refractivity contribution in [1.29, 1.82) is 0 Å². The van der Waals surface area contributed by atoms with Crippen LogP contribution in [0, 0.1) is 0 Å². The van der Waals surface area contributed by atoms with Crippen molar-refractivity contribution >= 4 is 17.6 Å². The molecule has 3 aromatic rings. The number of amides is 2. The summed E-state index contributed by atoms with van der Waals surface area (Å²) in [5.74, 6) is -0.995. The molecule has 3 rings (SSSR count). The Hall–Kier alpha value is -3.41. The second-order valence-corrected chi connectivity index (χ2v) is 5.58. The van der Waals surface area contributed by atoms with Crippen molar-refractivity contribution in [3.63, 3.8) is 0 Å². The highest BCUT2D eigenvalue weighted by molar-refractivity contribution is 6.39. The number of hydrogen-bond acceptors (Lipinski definition) is 3. The molecular formula is C19H18N4O2. The van der Waals surface area contributed by atoms with E-state index in [1.54, 1.807) is 24.0 Å². The maximum absolute atomic E-state index is 12.2. The molecule has 0 radical (unpaired) electrons. The van der Waals surface area contributed by atoms with Gasteiger partial charge in [-0.3, -0.25) is 9.59 Å². The predicted molar refractivity (Wildman–Crippen MR) is 95.1 cm³/mol. The number of likely N-dealkylation sites (N-methyl/N-ethyl adjacent to an activating group) is 1. The molecule has 0 aliphatic heterocycles. The van der Waals surface area contributed by atoms with Crippen LogP contribution < -0.4 is 5.32 Å². The summed E-state index contributed by atoms with van der Waals surface area (Å²) in [5.41, 5.74) is 1.83. The number of carbonyl (C=O) groups is 2. The average molecular weight is 334 g/mol. The first-order valence-corrected chi connectivity index (χ1v) is 7.85. The van der Waals surface area contributed by atoms with Gasteiger partial charge in [0, 0.05) is 25.9 Å². The lowest BCUT2D eigenvalue weighted by Crippen LogP contribution is -2.36. The Labute approximate surface area is 145 Å². The second kappa shape index (κ2) is 7.44. The van der Waals surface area contributed by atoms with Crippen LogP contribution in [0.4, 0.5) is 5.82 Å². The van der Waals surface area contributed by atoms with E-state index in [2.05, 4.69) is 10.4 Å². The van der Waals surface area contributed by atoms with Crippen LogP contribution in [-0.4, -0.2) is 33.5 Å². The van der Waals surface area contributed by atoms with Crippen LogP contribution in [0.1, 0.15) is 5.56 Å². The molecule has 0 spiro atoms. The number of nitrogens with zero attached hydrogens (tertiary/aromatic N) is 3. The van der Waals surface area contributed by atoms with Gasteiger partial charge in [-0.05, 0) is 17.7 Å². The van der Waals surface area contributed by atoms with Crippen molar-refractivity contribution in [3.8, 4) is 5.69 Å². The molecule has 2 amide bonds. The SMILES string of the molecule is CN(Cc1ccccc1)C(=O)C(=O)Nc1ccn(-c2ccccc2)n1. The molecule has 0 aliphatic rings. The fourth-order valence-corrected chi connectivity index (χ4v) is 2.39. The summed E-state index contributed by atoms with van der Waals surface area (Å²) in [4.78, 5) is 25.7. The minimum Gasteiger partial charge on any atom is -0.333 e. The smallest absolute Gasteiger partial charge is 0.315 e. The van der Waals surface area contributed by atoms with Gasteiger partial charge in [-0.2, -0.15) is 5.10 Å². The van der Waals surface area contributed by atoms with Gasteiger partial charge in [0.05, 0.1) is 5.69 Å². The summed E-state index contributed by atoms with van der Waals surface area (Å²) < 4.78 is 1.63. The molecule has 0 bridgehead atoms. The Balaban J connectivity index is 1.62. The van der Waals surface area contributed by atoms with Gasteiger partial charge in [0.2, 0.25) is 0 Å². The van der Waals surface area contributed by atoms with E-state index in [0.29, 0.717) is 12.4 Å². The Morgan fingerprint density at radius 1 is 1.00 bits per heavy atom. The van der Waals surface area contributed by atoms with E-state index in [0.717, 1.165) is 11.3 Å². The quantitative estimate of drug-likeness (QED) is 0.745. The van der Waals surface area contributed by atoms with E-state index in [1.165, 1.54) is 4.90 Å². The van der Waals surface area contributed by atoms with Crippen molar-refractivity contribution in [3.05, 3.63) is 78.5 Å². The van der Waals surface area contributed by atoms with E-state index in [9.17, 15) is 9.59 Å². The minimum atomic E-state index is -0.711. The van der Waals surface area contributed by atoms with Gasteiger partial charge in [-0.25, -0.2) is 4.68 Å². The van der Waals surface area contributed by atoms with Crippen LogP contribution >= 0.6 is 0 Å². The fraction of sp³-hybridized carbons (Fsp3) is 0.105. The molecule has 2 aromatic carbocycles. The van der Waals surface area contributed by atoms with Crippen LogP contribution in [0.5, 0.6) is 0 Å². The van der Waals surface area contributed by atoms with E-state index < -0.39 is 11.8 Å². The van der Waals surface area contributed by atoms with E-state index in [-0.39, 0.29) is 0 Å². The fourth-order valence-electron chi connectivity index (χ4n) is 2.39. The minimum absolute atomic E-state index is 0.329. The summed E-state index contributed by atoms with van der Waals surface area (Å²) in [7, 11) is 1.59. The van der Waals surface area contributed by atoms with Gasteiger partial charge in [0.15, 0.2) is 5.82 Å². The Kier molecular flexibility index (Phi) is 4.89. The summed E-state index contributed by atoms with van der Waals surface area (Å²) in [5, 5.41) is 6.80. The third-order valence-electron chi connectivity index (χ3n) is 3.65. The molecule has 0 saturated carbocycles. The second-order valence-electron chi connectivity index (χ2n) is 5.58. The van der Waals surface area contributed by atoms with Crippen molar-refractivity contribution in [2.75, 3.05) is 12.4 Å². The highest BCUT2D eigenvalue weighted by atomic mass is 16.2. The molecule has 25 heavy (non-hydrogen) atoms. The van der Waals surface area contributed by atoms with Gasteiger partial charge in [-0.1, -0.05) is 48.5 Å². The van der Waals surface area contributed by atoms with E-state index in [1.807, 2.05) is 60.7 Å². The number of rotatable bonds is 4. The zero-order chi connectivity index (χ0) is 17.6. The van der Waals surface area contributed by atoms with Gasteiger partial charge >= 0.3 is 11.8 Å². The normalized spacial score (nSPS) is 10.3.